The number of pyridine rings is 1. The number of ether oxygens (including phenoxy) is 1. The van der Waals surface area contributed by atoms with Crippen LogP contribution in [0.3, 0.4) is 0 Å². The largest absolute Gasteiger partial charge is 0.495 e. The summed E-state index contributed by atoms with van der Waals surface area (Å²) in [5.41, 5.74) is 6.21. The smallest absolute Gasteiger partial charge is 0.168 e. The summed E-state index contributed by atoms with van der Waals surface area (Å²) in [7, 11) is 1.54. The van der Waals surface area contributed by atoms with Crippen LogP contribution in [0.1, 0.15) is 24.2 Å². The van der Waals surface area contributed by atoms with Gasteiger partial charge in [0.15, 0.2) is 5.78 Å². The fourth-order valence-electron chi connectivity index (χ4n) is 1.17. The van der Waals surface area contributed by atoms with Crippen molar-refractivity contribution >= 4 is 5.78 Å². The van der Waals surface area contributed by atoms with Crippen molar-refractivity contribution in [2.45, 2.75) is 19.9 Å². The van der Waals surface area contributed by atoms with Crippen LogP contribution < -0.4 is 10.5 Å². The Labute approximate surface area is 89.5 Å². The number of hydrogen-bond donors (Lipinski definition) is 1. The van der Waals surface area contributed by atoms with Gasteiger partial charge in [-0.15, -0.1) is 0 Å². The van der Waals surface area contributed by atoms with Crippen molar-refractivity contribution in [3.8, 4) is 5.75 Å². The molecule has 0 aromatic carbocycles. The van der Waals surface area contributed by atoms with Crippen LogP contribution in [0.25, 0.3) is 0 Å². The molecule has 15 heavy (non-hydrogen) atoms. The third-order valence-electron chi connectivity index (χ3n) is 2.44. The number of nitrogens with two attached hydrogens (primary N) is 1. The normalized spacial score (nSPS) is 14.4. The van der Waals surface area contributed by atoms with Gasteiger partial charge in [0.05, 0.1) is 13.3 Å². The van der Waals surface area contributed by atoms with Crippen LogP contribution in [0.5, 0.6) is 5.75 Å². The second kappa shape index (κ2) is 4.89. The molecule has 1 rings (SSSR count). The summed E-state index contributed by atoms with van der Waals surface area (Å²) in [4.78, 5) is 15.8. The van der Waals surface area contributed by atoms with E-state index in [1.54, 1.807) is 19.4 Å². The minimum Gasteiger partial charge on any atom is -0.495 e. The van der Waals surface area contributed by atoms with Crippen molar-refractivity contribution in [1.82, 2.24) is 4.98 Å². The summed E-state index contributed by atoms with van der Waals surface area (Å²) in [6.45, 7) is 3.63. The molecular weight excluding hydrogens is 192 g/mol. The second-order valence-electron chi connectivity index (χ2n) is 3.63. The third-order valence-corrected chi connectivity index (χ3v) is 2.44. The van der Waals surface area contributed by atoms with Gasteiger partial charge in [0, 0.05) is 23.7 Å². The number of carbonyl (C=O) groups is 1. The summed E-state index contributed by atoms with van der Waals surface area (Å²) >= 11 is 0. The average Bonchev–Trinajstić information content (AvgIpc) is 2.27. The molecule has 1 aromatic heterocycles. The van der Waals surface area contributed by atoms with E-state index in [1.807, 2.05) is 13.8 Å². The van der Waals surface area contributed by atoms with E-state index in [9.17, 15) is 4.79 Å². The zero-order chi connectivity index (χ0) is 11.4. The van der Waals surface area contributed by atoms with Crippen molar-refractivity contribution in [1.29, 1.82) is 0 Å². The Balaban J connectivity index is 2.91. The first-order chi connectivity index (χ1) is 7.06. The van der Waals surface area contributed by atoms with Crippen molar-refractivity contribution < 1.29 is 9.53 Å². The highest BCUT2D eigenvalue weighted by molar-refractivity contribution is 5.98. The van der Waals surface area contributed by atoms with Crippen molar-refractivity contribution in [3.63, 3.8) is 0 Å². The number of methoxy groups -OCH3 is 1. The zero-order valence-electron chi connectivity index (χ0n) is 9.23. The molecule has 82 valence electrons. The van der Waals surface area contributed by atoms with E-state index >= 15 is 0 Å². The Bertz CT molecular complexity index is 350. The Morgan fingerprint density at radius 1 is 1.47 bits per heavy atom. The Morgan fingerprint density at radius 2 is 2.13 bits per heavy atom. The van der Waals surface area contributed by atoms with E-state index in [1.165, 1.54) is 6.20 Å². The highest BCUT2D eigenvalue weighted by Gasteiger charge is 2.19. The van der Waals surface area contributed by atoms with E-state index < -0.39 is 0 Å². The van der Waals surface area contributed by atoms with Gasteiger partial charge in [0.25, 0.3) is 0 Å². The van der Waals surface area contributed by atoms with Gasteiger partial charge < -0.3 is 10.5 Å². The number of aromatic nitrogens is 1. The average molecular weight is 208 g/mol. The first-order valence-corrected chi connectivity index (χ1v) is 4.85. The van der Waals surface area contributed by atoms with Crippen molar-refractivity contribution in [2.75, 3.05) is 7.11 Å². The van der Waals surface area contributed by atoms with Gasteiger partial charge in [-0.25, -0.2) is 0 Å². The number of Topliss-reactive ketones (excluding diaryl/α,β-unsaturated/α-hetero) is 1. The Morgan fingerprint density at radius 3 is 2.67 bits per heavy atom. The SMILES string of the molecule is COc1cncc(C(=O)C(C)C(C)N)c1. The number of nitrogens with zero attached hydrogens (tertiary/aromatic N) is 1. The molecule has 0 bridgehead atoms. The van der Waals surface area contributed by atoms with Crippen LogP contribution >= 0.6 is 0 Å². The molecule has 0 aliphatic heterocycles. The molecule has 2 atom stereocenters. The third kappa shape index (κ3) is 2.76. The van der Waals surface area contributed by atoms with Gasteiger partial charge in [0.2, 0.25) is 0 Å². The highest BCUT2D eigenvalue weighted by atomic mass is 16.5. The van der Waals surface area contributed by atoms with E-state index in [0.29, 0.717) is 11.3 Å². The molecule has 0 radical (unpaired) electrons. The fraction of sp³-hybridized carbons (Fsp3) is 0.455. The summed E-state index contributed by atoms with van der Waals surface area (Å²) < 4.78 is 5.00. The lowest BCUT2D eigenvalue weighted by molar-refractivity contribution is 0.0916. The van der Waals surface area contributed by atoms with Crippen molar-refractivity contribution in [2.24, 2.45) is 11.7 Å². The molecule has 0 spiro atoms. The van der Waals surface area contributed by atoms with E-state index in [4.69, 9.17) is 10.5 Å². The molecule has 0 saturated carbocycles. The van der Waals surface area contributed by atoms with E-state index in [2.05, 4.69) is 4.98 Å². The second-order valence-corrected chi connectivity index (χ2v) is 3.63. The molecule has 4 heteroatoms. The van der Waals surface area contributed by atoms with E-state index in [-0.39, 0.29) is 17.7 Å². The van der Waals surface area contributed by atoms with Gasteiger partial charge in [0.1, 0.15) is 5.75 Å². The van der Waals surface area contributed by atoms with Gasteiger partial charge in [-0.1, -0.05) is 6.92 Å². The molecule has 1 heterocycles. The first kappa shape index (κ1) is 11.7. The van der Waals surface area contributed by atoms with Gasteiger partial charge in [-0.05, 0) is 13.0 Å². The fourth-order valence-corrected chi connectivity index (χ4v) is 1.17. The zero-order valence-corrected chi connectivity index (χ0v) is 9.23. The predicted octanol–water partition coefficient (Wildman–Crippen LogP) is 1.26. The molecule has 2 N–H and O–H groups in total. The molecule has 0 aliphatic carbocycles. The molecule has 0 amide bonds. The van der Waals surface area contributed by atoms with Gasteiger partial charge >= 0.3 is 0 Å². The lowest BCUT2D eigenvalue weighted by atomic mass is 9.95. The lowest BCUT2D eigenvalue weighted by Gasteiger charge is -2.14. The molecule has 0 fully saturated rings. The molecule has 0 aliphatic rings. The highest BCUT2D eigenvalue weighted by Crippen LogP contribution is 2.15. The molecular formula is C11H16N2O2. The molecule has 2 unspecified atom stereocenters. The quantitative estimate of drug-likeness (QED) is 0.756. The van der Waals surface area contributed by atoms with Crippen LogP contribution in [0, 0.1) is 5.92 Å². The maximum atomic E-state index is 11.9. The first-order valence-electron chi connectivity index (χ1n) is 4.85. The maximum absolute atomic E-state index is 11.9. The minimum atomic E-state index is -0.209. The summed E-state index contributed by atoms with van der Waals surface area (Å²) in [6.07, 6.45) is 3.09. The standard InChI is InChI=1S/C11H16N2O2/c1-7(8(2)12)11(14)9-4-10(15-3)6-13-5-9/h4-8H,12H2,1-3H3. The van der Waals surface area contributed by atoms with Crippen LogP contribution in [0.15, 0.2) is 18.5 Å². The number of carbonyl (C=O) groups excluding carboxylic acids is 1. The Kier molecular flexibility index (Phi) is 3.80. The van der Waals surface area contributed by atoms with Crippen molar-refractivity contribution in [3.05, 3.63) is 24.0 Å². The van der Waals surface area contributed by atoms with Gasteiger partial charge in [-0.3, -0.25) is 9.78 Å². The van der Waals surface area contributed by atoms with Crippen LogP contribution in [0.2, 0.25) is 0 Å². The molecule has 4 nitrogen and oxygen atoms in total. The monoisotopic (exact) mass is 208 g/mol. The number of rotatable bonds is 4. The van der Waals surface area contributed by atoms with Crippen LogP contribution in [0.4, 0.5) is 0 Å². The number of hydrogen-bond acceptors (Lipinski definition) is 4. The summed E-state index contributed by atoms with van der Waals surface area (Å²) in [5, 5.41) is 0. The summed E-state index contributed by atoms with van der Waals surface area (Å²) in [6, 6.07) is 1.51. The van der Waals surface area contributed by atoms with Crippen LogP contribution in [-0.4, -0.2) is 23.9 Å². The Hall–Kier alpha value is -1.42. The van der Waals surface area contributed by atoms with Crippen LogP contribution in [-0.2, 0) is 0 Å². The van der Waals surface area contributed by atoms with Gasteiger partial charge in [-0.2, -0.15) is 0 Å². The van der Waals surface area contributed by atoms with E-state index in [0.717, 1.165) is 0 Å². The summed E-state index contributed by atoms with van der Waals surface area (Å²) in [5.74, 6) is 0.369. The number of ketones is 1. The minimum absolute atomic E-state index is 0.00333. The lowest BCUT2D eigenvalue weighted by Crippen LogP contribution is -2.30. The maximum Gasteiger partial charge on any atom is 0.168 e. The molecule has 1 aromatic rings. The topological polar surface area (TPSA) is 65.2 Å². The molecule has 0 saturated heterocycles. The predicted molar refractivity (Wildman–Crippen MR) is 57.9 cm³/mol.